The lowest BCUT2D eigenvalue weighted by Crippen LogP contribution is -2.33. The Bertz CT molecular complexity index is 488. The number of rotatable bonds is 8. The molecule has 1 amide bonds. The summed E-state index contributed by atoms with van der Waals surface area (Å²) in [6, 6.07) is 4.16. The van der Waals surface area contributed by atoms with Crippen molar-refractivity contribution in [3.63, 3.8) is 0 Å². The van der Waals surface area contributed by atoms with Crippen LogP contribution in [0.5, 0.6) is 0 Å². The van der Waals surface area contributed by atoms with Gasteiger partial charge in [-0.05, 0) is 50.3 Å². The van der Waals surface area contributed by atoms with E-state index in [0.29, 0.717) is 30.1 Å². The van der Waals surface area contributed by atoms with Crippen molar-refractivity contribution in [2.75, 3.05) is 13.2 Å². The van der Waals surface area contributed by atoms with Gasteiger partial charge in [-0.2, -0.15) is 0 Å². The van der Waals surface area contributed by atoms with Crippen LogP contribution in [-0.4, -0.2) is 30.3 Å². The topological polar surface area (TPSA) is 58.6 Å². The predicted octanol–water partition coefficient (Wildman–Crippen LogP) is 2.25. The molecule has 2 N–H and O–H groups in total. The summed E-state index contributed by atoms with van der Waals surface area (Å²) in [6.07, 6.45) is 2.87. The molecule has 116 valence electrons. The Morgan fingerprint density at radius 3 is 2.95 bits per heavy atom. The molecule has 1 aromatic carbocycles. The van der Waals surface area contributed by atoms with Gasteiger partial charge in [0.05, 0.1) is 6.61 Å². The first-order valence-electron chi connectivity index (χ1n) is 7.38. The maximum absolute atomic E-state index is 13.7. The zero-order valence-corrected chi connectivity index (χ0v) is 12.3. The molecule has 0 saturated heterocycles. The van der Waals surface area contributed by atoms with E-state index in [2.05, 4.69) is 5.32 Å². The van der Waals surface area contributed by atoms with Gasteiger partial charge < -0.3 is 15.2 Å². The van der Waals surface area contributed by atoms with Crippen LogP contribution in [0.4, 0.5) is 4.39 Å². The zero-order chi connectivity index (χ0) is 15.2. The van der Waals surface area contributed by atoms with E-state index in [4.69, 9.17) is 9.84 Å². The first-order chi connectivity index (χ1) is 10.1. The number of ether oxygens (including phenoxy) is 1. The van der Waals surface area contributed by atoms with Crippen LogP contribution in [0.2, 0.25) is 0 Å². The minimum Gasteiger partial charge on any atom is -0.396 e. The maximum Gasteiger partial charge on any atom is 0.251 e. The molecular weight excluding hydrogens is 273 g/mol. The molecule has 5 heteroatoms. The van der Waals surface area contributed by atoms with E-state index < -0.39 is 0 Å². The normalized spacial score (nSPS) is 15.8. The summed E-state index contributed by atoms with van der Waals surface area (Å²) in [4.78, 5) is 12.0. The number of hydrogen-bond acceptors (Lipinski definition) is 3. The molecule has 4 nitrogen and oxygen atoms in total. The number of hydrogen-bond donors (Lipinski definition) is 2. The fourth-order valence-electron chi connectivity index (χ4n) is 2.02. The van der Waals surface area contributed by atoms with E-state index in [1.54, 1.807) is 0 Å². The average molecular weight is 295 g/mol. The smallest absolute Gasteiger partial charge is 0.251 e. The van der Waals surface area contributed by atoms with Crippen molar-refractivity contribution < 1.29 is 19.0 Å². The third kappa shape index (κ3) is 5.10. The molecule has 2 rings (SSSR count). The molecule has 0 spiro atoms. The fourth-order valence-corrected chi connectivity index (χ4v) is 2.02. The highest BCUT2D eigenvalue weighted by molar-refractivity contribution is 5.94. The van der Waals surface area contributed by atoms with Crippen molar-refractivity contribution in [2.24, 2.45) is 5.92 Å². The molecule has 0 radical (unpaired) electrons. The Hall–Kier alpha value is -1.46. The van der Waals surface area contributed by atoms with Crippen molar-refractivity contribution in [2.45, 2.75) is 38.8 Å². The quantitative estimate of drug-likeness (QED) is 0.773. The van der Waals surface area contributed by atoms with Gasteiger partial charge in [0.1, 0.15) is 5.82 Å². The van der Waals surface area contributed by atoms with Gasteiger partial charge in [0, 0.05) is 30.4 Å². The molecule has 0 heterocycles. The largest absolute Gasteiger partial charge is 0.396 e. The first-order valence-corrected chi connectivity index (χ1v) is 7.38. The lowest BCUT2D eigenvalue weighted by molar-refractivity contribution is 0.0932. The predicted molar refractivity (Wildman–Crippen MR) is 77.4 cm³/mol. The van der Waals surface area contributed by atoms with Crippen LogP contribution in [0.3, 0.4) is 0 Å². The lowest BCUT2D eigenvalue weighted by atomic mass is 10.1. The van der Waals surface area contributed by atoms with Crippen LogP contribution < -0.4 is 5.32 Å². The summed E-state index contributed by atoms with van der Waals surface area (Å²) in [5, 5.41) is 11.6. The standard InChI is InChI=1S/C16H22FNO3/c1-11(6-7-19)18-16(20)13-4-5-15(17)14(8-13)10-21-9-12-2-3-12/h4-5,8,11-12,19H,2-3,6-7,9-10H2,1H3,(H,18,20). The van der Waals surface area contributed by atoms with E-state index in [1.165, 1.54) is 31.0 Å². The van der Waals surface area contributed by atoms with Crippen LogP contribution in [0.25, 0.3) is 0 Å². The molecule has 21 heavy (non-hydrogen) atoms. The van der Waals surface area contributed by atoms with E-state index in [9.17, 15) is 9.18 Å². The number of aliphatic hydroxyl groups excluding tert-OH is 1. The highest BCUT2D eigenvalue weighted by atomic mass is 19.1. The van der Waals surface area contributed by atoms with Crippen molar-refractivity contribution in [3.05, 3.63) is 35.1 Å². The summed E-state index contributed by atoms with van der Waals surface area (Å²) in [5.41, 5.74) is 0.810. The van der Waals surface area contributed by atoms with Crippen LogP contribution in [0, 0.1) is 11.7 Å². The van der Waals surface area contributed by atoms with Gasteiger partial charge in [-0.25, -0.2) is 4.39 Å². The summed E-state index contributed by atoms with van der Waals surface area (Å²) in [5.74, 6) is 0.00372. The van der Waals surface area contributed by atoms with Crippen LogP contribution in [-0.2, 0) is 11.3 Å². The number of carbonyl (C=O) groups excluding carboxylic acids is 1. The molecule has 0 aliphatic heterocycles. The molecule has 1 aliphatic carbocycles. The van der Waals surface area contributed by atoms with Gasteiger partial charge in [-0.3, -0.25) is 4.79 Å². The Kier molecular flexibility index (Phi) is 5.70. The number of nitrogens with one attached hydrogen (secondary N) is 1. The van der Waals surface area contributed by atoms with Crippen molar-refractivity contribution in [1.29, 1.82) is 0 Å². The Morgan fingerprint density at radius 1 is 1.52 bits per heavy atom. The molecular formula is C16H22FNO3. The molecule has 1 fully saturated rings. The lowest BCUT2D eigenvalue weighted by Gasteiger charge is -2.13. The van der Waals surface area contributed by atoms with E-state index in [0.717, 1.165) is 0 Å². The molecule has 1 unspecified atom stereocenters. The molecule has 0 aromatic heterocycles. The molecule has 0 bridgehead atoms. The van der Waals surface area contributed by atoms with Crippen molar-refractivity contribution in [1.82, 2.24) is 5.32 Å². The summed E-state index contributed by atoms with van der Waals surface area (Å²) < 4.78 is 19.2. The zero-order valence-electron chi connectivity index (χ0n) is 12.3. The van der Waals surface area contributed by atoms with Crippen LogP contribution >= 0.6 is 0 Å². The van der Waals surface area contributed by atoms with E-state index in [-0.39, 0.29) is 31.0 Å². The molecule has 1 aliphatic rings. The summed E-state index contributed by atoms with van der Waals surface area (Å²) >= 11 is 0. The van der Waals surface area contributed by atoms with Gasteiger partial charge in [0.25, 0.3) is 5.91 Å². The second kappa shape index (κ2) is 7.52. The average Bonchev–Trinajstić information content (AvgIpc) is 3.25. The summed E-state index contributed by atoms with van der Waals surface area (Å²) in [6.45, 7) is 2.68. The molecule has 1 aromatic rings. The Morgan fingerprint density at radius 2 is 2.29 bits per heavy atom. The van der Waals surface area contributed by atoms with Gasteiger partial charge >= 0.3 is 0 Å². The van der Waals surface area contributed by atoms with Gasteiger partial charge in [-0.1, -0.05) is 0 Å². The number of amides is 1. The third-order valence-electron chi connectivity index (χ3n) is 3.56. The van der Waals surface area contributed by atoms with Crippen molar-refractivity contribution >= 4 is 5.91 Å². The van der Waals surface area contributed by atoms with Gasteiger partial charge in [0.2, 0.25) is 0 Å². The maximum atomic E-state index is 13.7. The fraction of sp³-hybridized carbons (Fsp3) is 0.562. The highest BCUT2D eigenvalue weighted by Gasteiger charge is 2.21. The van der Waals surface area contributed by atoms with E-state index in [1.807, 2.05) is 6.92 Å². The minimum absolute atomic E-state index is 0.0190. The van der Waals surface area contributed by atoms with Crippen molar-refractivity contribution in [3.8, 4) is 0 Å². The summed E-state index contributed by atoms with van der Waals surface area (Å²) in [7, 11) is 0. The highest BCUT2D eigenvalue weighted by Crippen LogP contribution is 2.29. The molecule has 1 saturated carbocycles. The van der Waals surface area contributed by atoms with Gasteiger partial charge in [0.15, 0.2) is 0 Å². The van der Waals surface area contributed by atoms with Crippen LogP contribution in [0.15, 0.2) is 18.2 Å². The Balaban J connectivity index is 1.93. The van der Waals surface area contributed by atoms with Gasteiger partial charge in [-0.15, -0.1) is 0 Å². The third-order valence-corrected chi connectivity index (χ3v) is 3.56. The second-order valence-corrected chi connectivity index (χ2v) is 5.65. The minimum atomic E-state index is -0.356. The Labute approximate surface area is 124 Å². The van der Waals surface area contributed by atoms with E-state index >= 15 is 0 Å². The van der Waals surface area contributed by atoms with Crippen LogP contribution in [0.1, 0.15) is 42.1 Å². The first kappa shape index (κ1) is 15.9. The number of carbonyl (C=O) groups is 1. The number of benzene rings is 1. The molecule has 1 atom stereocenters. The monoisotopic (exact) mass is 295 g/mol. The SMILES string of the molecule is CC(CCO)NC(=O)c1ccc(F)c(COCC2CC2)c1. The number of aliphatic hydroxyl groups is 1. The number of halogens is 1. The second-order valence-electron chi connectivity index (χ2n) is 5.65.